The molecule has 0 heterocycles. The number of rotatable bonds is 4. The Morgan fingerprint density at radius 1 is 0.913 bits per heavy atom. The number of hydrogen-bond donors (Lipinski definition) is 3. The Labute approximate surface area is 154 Å². The second-order valence-electron chi connectivity index (χ2n) is 4.59. The smallest absolute Gasteiger partial charge is 0.320 e. The van der Waals surface area contributed by atoms with E-state index in [-0.39, 0.29) is 0 Å². The highest BCUT2D eigenvalue weighted by atomic mass is 35.6. The molecule has 2 aromatic rings. The number of anilines is 2. The fourth-order valence-corrected chi connectivity index (χ4v) is 2.19. The molecule has 0 fully saturated rings. The maximum Gasteiger partial charge on any atom is 0.320 e. The van der Waals surface area contributed by atoms with Gasteiger partial charge in [-0.15, -0.1) is 0 Å². The van der Waals surface area contributed by atoms with Crippen molar-refractivity contribution < 1.29 is 4.79 Å². The van der Waals surface area contributed by atoms with Gasteiger partial charge in [-0.1, -0.05) is 64.6 Å². The van der Waals surface area contributed by atoms with Crippen LogP contribution in [0.3, 0.4) is 0 Å². The lowest BCUT2D eigenvalue weighted by Crippen LogP contribution is -2.50. The van der Waals surface area contributed by atoms with E-state index < -0.39 is 16.0 Å². The molecule has 2 aromatic carbocycles. The summed E-state index contributed by atoms with van der Waals surface area (Å²) in [5.41, 5.74) is 1.27. The Morgan fingerprint density at radius 2 is 1.52 bits per heavy atom. The molecular weight excluding hydrogens is 380 g/mol. The standard InChI is InChI=1S/C15H13Cl4N3O/c16-10-6-8-12(9-7-10)20-13(15(17,18)19)22-14(23)21-11-4-2-1-3-5-11/h1-9,13,20H,(H2,21,22,23)/t13-/m0/s1. The first kappa shape index (κ1) is 18.0. The number of nitrogens with one attached hydrogen (secondary N) is 3. The zero-order valence-corrected chi connectivity index (χ0v) is 14.7. The summed E-state index contributed by atoms with van der Waals surface area (Å²) >= 11 is 23.6. The van der Waals surface area contributed by atoms with Gasteiger partial charge in [-0.25, -0.2) is 4.79 Å². The van der Waals surface area contributed by atoms with Crippen LogP contribution in [-0.2, 0) is 0 Å². The van der Waals surface area contributed by atoms with Gasteiger partial charge < -0.3 is 16.0 Å². The van der Waals surface area contributed by atoms with Gasteiger partial charge in [-0.05, 0) is 36.4 Å². The van der Waals surface area contributed by atoms with Gasteiger partial charge >= 0.3 is 6.03 Å². The summed E-state index contributed by atoms with van der Waals surface area (Å²) in [5, 5.41) is 8.75. The van der Waals surface area contributed by atoms with Gasteiger partial charge in [0, 0.05) is 16.4 Å². The highest BCUT2D eigenvalue weighted by Crippen LogP contribution is 2.31. The third-order valence-electron chi connectivity index (χ3n) is 2.79. The molecule has 0 saturated carbocycles. The average Bonchev–Trinajstić information content (AvgIpc) is 2.49. The lowest BCUT2D eigenvalue weighted by atomic mass is 10.3. The Morgan fingerprint density at radius 3 is 2.09 bits per heavy atom. The first-order chi connectivity index (χ1) is 10.8. The Kier molecular flexibility index (Phi) is 6.25. The van der Waals surface area contributed by atoms with Crippen molar-refractivity contribution in [3.8, 4) is 0 Å². The molecule has 0 spiro atoms. The van der Waals surface area contributed by atoms with Crippen LogP contribution in [0.4, 0.5) is 16.2 Å². The molecule has 122 valence electrons. The molecule has 0 saturated heterocycles. The van der Waals surface area contributed by atoms with Crippen molar-refractivity contribution in [3.05, 3.63) is 59.6 Å². The minimum Gasteiger partial charge on any atom is -0.362 e. The van der Waals surface area contributed by atoms with Crippen LogP contribution in [0.1, 0.15) is 0 Å². The fraction of sp³-hybridized carbons (Fsp3) is 0.133. The number of hydrogen-bond acceptors (Lipinski definition) is 2. The largest absolute Gasteiger partial charge is 0.362 e. The van der Waals surface area contributed by atoms with E-state index in [4.69, 9.17) is 46.4 Å². The quantitative estimate of drug-likeness (QED) is 0.490. The van der Waals surface area contributed by atoms with Crippen LogP contribution in [0.5, 0.6) is 0 Å². The average molecular weight is 393 g/mol. The third kappa shape index (κ3) is 5.99. The fourth-order valence-electron chi connectivity index (χ4n) is 1.73. The number of para-hydroxylation sites is 1. The molecule has 0 radical (unpaired) electrons. The number of carbonyl (C=O) groups is 1. The SMILES string of the molecule is O=C(Nc1ccccc1)N[C@H](Nc1ccc(Cl)cc1)C(Cl)(Cl)Cl. The third-order valence-corrected chi connectivity index (χ3v) is 3.70. The van der Waals surface area contributed by atoms with Crippen molar-refractivity contribution in [2.45, 2.75) is 9.96 Å². The normalized spacial score (nSPS) is 12.3. The van der Waals surface area contributed by atoms with E-state index in [0.29, 0.717) is 16.4 Å². The highest BCUT2D eigenvalue weighted by Gasteiger charge is 2.34. The topological polar surface area (TPSA) is 53.2 Å². The van der Waals surface area contributed by atoms with E-state index in [1.165, 1.54) is 0 Å². The van der Waals surface area contributed by atoms with Crippen molar-refractivity contribution in [2.75, 3.05) is 10.6 Å². The van der Waals surface area contributed by atoms with E-state index in [1.54, 1.807) is 48.5 Å². The van der Waals surface area contributed by atoms with Crippen LogP contribution in [0.25, 0.3) is 0 Å². The van der Waals surface area contributed by atoms with Gasteiger partial charge in [0.15, 0.2) is 0 Å². The highest BCUT2D eigenvalue weighted by molar-refractivity contribution is 6.68. The van der Waals surface area contributed by atoms with E-state index in [9.17, 15) is 4.79 Å². The second kappa shape index (κ2) is 7.97. The predicted octanol–water partition coefficient (Wildman–Crippen LogP) is 5.27. The number of alkyl halides is 3. The molecule has 1 atom stereocenters. The van der Waals surface area contributed by atoms with Crippen LogP contribution in [0.15, 0.2) is 54.6 Å². The van der Waals surface area contributed by atoms with Crippen LogP contribution in [0, 0.1) is 0 Å². The van der Waals surface area contributed by atoms with E-state index in [1.807, 2.05) is 6.07 Å². The van der Waals surface area contributed by atoms with Crippen molar-refractivity contribution in [1.29, 1.82) is 0 Å². The zero-order chi connectivity index (χ0) is 16.9. The number of halogens is 4. The Hall–Kier alpha value is -1.33. The predicted molar refractivity (Wildman–Crippen MR) is 97.7 cm³/mol. The summed E-state index contributed by atoms with van der Waals surface area (Å²) in [4.78, 5) is 12.1. The Bertz CT molecular complexity index is 644. The van der Waals surface area contributed by atoms with Crippen molar-refractivity contribution in [1.82, 2.24) is 5.32 Å². The molecule has 0 aliphatic carbocycles. The van der Waals surface area contributed by atoms with Crippen molar-refractivity contribution in [2.24, 2.45) is 0 Å². The van der Waals surface area contributed by atoms with Crippen LogP contribution < -0.4 is 16.0 Å². The molecule has 0 aromatic heterocycles. The summed E-state index contributed by atoms with van der Waals surface area (Å²) in [6.07, 6.45) is -0.947. The van der Waals surface area contributed by atoms with E-state index >= 15 is 0 Å². The minimum atomic E-state index is -1.76. The number of carbonyl (C=O) groups excluding carboxylic acids is 1. The van der Waals surface area contributed by atoms with Crippen LogP contribution >= 0.6 is 46.4 Å². The van der Waals surface area contributed by atoms with Gasteiger partial charge in [0.25, 0.3) is 0 Å². The lowest BCUT2D eigenvalue weighted by molar-refractivity contribution is 0.249. The number of urea groups is 1. The van der Waals surface area contributed by atoms with Gasteiger partial charge in [0.05, 0.1) is 0 Å². The first-order valence-electron chi connectivity index (χ1n) is 6.56. The number of amides is 2. The molecule has 0 bridgehead atoms. The summed E-state index contributed by atoms with van der Waals surface area (Å²) in [6.45, 7) is 0. The molecule has 8 heteroatoms. The monoisotopic (exact) mass is 391 g/mol. The zero-order valence-electron chi connectivity index (χ0n) is 11.7. The maximum absolute atomic E-state index is 12.1. The van der Waals surface area contributed by atoms with E-state index in [0.717, 1.165) is 0 Å². The molecule has 2 rings (SSSR count). The molecule has 23 heavy (non-hydrogen) atoms. The van der Waals surface area contributed by atoms with Crippen LogP contribution in [0.2, 0.25) is 5.02 Å². The molecule has 0 unspecified atom stereocenters. The first-order valence-corrected chi connectivity index (χ1v) is 8.07. The summed E-state index contributed by atoms with van der Waals surface area (Å²) < 4.78 is -1.76. The summed E-state index contributed by atoms with van der Waals surface area (Å²) in [5.74, 6) is 0. The second-order valence-corrected chi connectivity index (χ2v) is 7.40. The van der Waals surface area contributed by atoms with Crippen molar-refractivity contribution >= 4 is 63.8 Å². The molecule has 2 amide bonds. The van der Waals surface area contributed by atoms with Crippen LogP contribution in [-0.4, -0.2) is 16.0 Å². The van der Waals surface area contributed by atoms with Crippen molar-refractivity contribution in [3.63, 3.8) is 0 Å². The molecule has 4 nitrogen and oxygen atoms in total. The summed E-state index contributed by atoms with van der Waals surface area (Å²) in [6, 6.07) is 15.2. The molecule has 3 N–H and O–H groups in total. The molecular formula is C15H13Cl4N3O. The van der Waals surface area contributed by atoms with E-state index in [2.05, 4.69) is 16.0 Å². The van der Waals surface area contributed by atoms with Gasteiger partial charge in [0.1, 0.15) is 6.17 Å². The number of benzene rings is 2. The van der Waals surface area contributed by atoms with Gasteiger partial charge in [-0.3, -0.25) is 0 Å². The van der Waals surface area contributed by atoms with Gasteiger partial charge in [0.2, 0.25) is 3.79 Å². The molecule has 0 aliphatic heterocycles. The minimum absolute atomic E-state index is 0.506. The maximum atomic E-state index is 12.1. The summed E-state index contributed by atoms with van der Waals surface area (Å²) in [7, 11) is 0. The lowest BCUT2D eigenvalue weighted by Gasteiger charge is -2.27. The molecule has 0 aliphatic rings. The van der Waals surface area contributed by atoms with Gasteiger partial charge in [-0.2, -0.15) is 0 Å². The Balaban J connectivity index is 2.04.